The van der Waals surface area contributed by atoms with Crippen molar-refractivity contribution in [2.75, 3.05) is 7.11 Å². The van der Waals surface area contributed by atoms with Gasteiger partial charge in [-0.2, -0.15) is 5.26 Å². The smallest absolute Gasteiger partial charge is 0.337 e. The normalized spacial score (nSPS) is 15.2. The summed E-state index contributed by atoms with van der Waals surface area (Å²) in [4.78, 5) is 11.8. The van der Waals surface area contributed by atoms with Crippen LogP contribution in [0.3, 0.4) is 0 Å². The Bertz CT molecular complexity index is 1230. The molecule has 0 bridgehead atoms. The molecule has 2 heterocycles. The van der Waals surface area contributed by atoms with Gasteiger partial charge in [0, 0.05) is 5.56 Å². The molecule has 0 aliphatic carbocycles. The standard InChI is InChI=1S/C21H14Cl2N4O3/c1-29-21(28)11-4-2-10(3-5-11)16-13(9-24)19(25)30-20-17(16)18(26-27-20)12-6-7-14(22)15(23)8-12/h2-8,16H,25H2,1H3,(H,26,27)/t16-/m0/s1. The number of aromatic nitrogens is 2. The van der Waals surface area contributed by atoms with E-state index in [-0.39, 0.29) is 17.3 Å². The van der Waals surface area contributed by atoms with E-state index in [4.69, 9.17) is 38.4 Å². The zero-order chi connectivity index (χ0) is 21.4. The van der Waals surface area contributed by atoms with E-state index in [0.717, 1.165) is 11.1 Å². The van der Waals surface area contributed by atoms with Gasteiger partial charge in [-0.15, -0.1) is 5.10 Å². The molecule has 0 saturated heterocycles. The maximum absolute atomic E-state index is 11.8. The fourth-order valence-electron chi connectivity index (χ4n) is 3.38. The summed E-state index contributed by atoms with van der Waals surface area (Å²) in [5, 5.41) is 17.7. The van der Waals surface area contributed by atoms with Gasteiger partial charge in [-0.25, -0.2) is 4.79 Å². The summed E-state index contributed by atoms with van der Waals surface area (Å²) in [5.41, 5.74) is 9.31. The van der Waals surface area contributed by atoms with Gasteiger partial charge in [-0.3, -0.25) is 5.10 Å². The summed E-state index contributed by atoms with van der Waals surface area (Å²) in [6, 6.07) is 14.0. The van der Waals surface area contributed by atoms with Crippen LogP contribution in [0.15, 0.2) is 53.9 Å². The van der Waals surface area contributed by atoms with E-state index in [1.807, 2.05) is 0 Å². The first-order chi connectivity index (χ1) is 14.4. The highest BCUT2D eigenvalue weighted by Crippen LogP contribution is 2.46. The maximum atomic E-state index is 11.8. The number of nitriles is 1. The lowest BCUT2D eigenvalue weighted by atomic mass is 9.83. The number of methoxy groups -OCH3 is 1. The molecule has 30 heavy (non-hydrogen) atoms. The molecule has 9 heteroatoms. The zero-order valence-corrected chi connectivity index (χ0v) is 17.1. The van der Waals surface area contributed by atoms with Crippen LogP contribution in [-0.4, -0.2) is 23.3 Å². The third-order valence-corrected chi connectivity index (χ3v) is 5.55. The summed E-state index contributed by atoms with van der Waals surface area (Å²) in [6.45, 7) is 0. The number of ether oxygens (including phenoxy) is 2. The van der Waals surface area contributed by atoms with Crippen molar-refractivity contribution in [3.8, 4) is 23.2 Å². The fourth-order valence-corrected chi connectivity index (χ4v) is 3.68. The Kier molecular flexibility index (Phi) is 5.12. The second-order valence-electron chi connectivity index (χ2n) is 6.48. The number of benzene rings is 2. The minimum Gasteiger partial charge on any atom is -0.465 e. The molecule has 0 saturated carbocycles. The summed E-state index contributed by atoms with van der Waals surface area (Å²) in [7, 11) is 1.31. The second-order valence-corrected chi connectivity index (χ2v) is 7.30. The summed E-state index contributed by atoms with van der Waals surface area (Å²) in [5.74, 6) is -0.785. The monoisotopic (exact) mass is 440 g/mol. The van der Waals surface area contributed by atoms with Gasteiger partial charge in [-0.1, -0.05) is 41.4 Å². The van der Waals surface area contributed by atoms with Crippen LogP contribution in [0.1, 0.15) is 27.4 Å². The first-order valence-electron chi connectivity index (χ1n) is 8.74. The molecular formula is C21H14Cl2N4O3. The lowest BCUT2D eigenvalue weighted by Crippen LogP contribution is -2.21. The number of allylic oxidation sites excluding steroid dienone is 1. The third kappa shape index (κ3) is 3.26. The Morgan fingerprint density at radius 1 is 1.23 bits per heavy atom. The number of hydrogen-bond donors (Lipinski definition) is 2. The lowest BCUT2D eigenvalue weighted by Gasteiger charge is -2.24. The first kappa shape index (κ1) is 19.8. The molecule has 0 fully saturated rings. The van der Waals surface area contributed by atoms with Gasteiger partial charge in [0.1, 0.15) is 11.6 Å². The number of aromatic amines is 1. The average molecular weight is 441 g/mol. The van der Waals surface area contributed by atoms with Gasteiger partial charge in [0.05, 0.1) is 39.9 Å². The number of esters is 1. The molecular weight excluding hydrogens is 427 g/mol. The van der Waals surface area contributed by atoms with Crippen LogP contribution >= 0.6 is 23.2 Å². The lowest BCUT2D eigenvalue weighted by molar-refractivity contribution is 0.0600. The van der Waals surface area contributed by atoms with Crippen LogP contribution in [0, 0.1) is 11.3 Å². The molecule has 0 amide bonds. The predicted molar refractivity (Wildman–Crippen MR) is 111 cm³/mol. The van der Waals surface area contributed by atoms with Crippen LogP contribution in [0.25, 0.3) is 11.3 Å². The Morgan fingerprint density at radius 2 is 1.97 bits per heavy atom. The van der Waals surface area contributed by atoms with E-state index in [1.54, 1.807) is 42.5 Å². The summed E-state index contributed by atoms with van der Waals surface area (Å²) in [6.07, 6.45) is 0. The van der Waals surface area contributed by atoms with Crippen LogP contribution < -0.4 is 10.5 Å². The van der Waals surface area contributed by atoms with Crippen molar-refractivity contribution in [2.45, 2.75) is 5.92 Å². The Hall–Kier alpha value is -3.47. The summed E-state index contributed by atoms with van der Waals surface area (Å²) >= 11 is 12.2. The van der Waals surface area contributed by atoms with E-state index < -0.39 is 11.9 Å². The molecule has 1 aliphatic rings. The molecule has 2 aromatic carbocycles. The Morgan fingerprint density at radius 3 is 2.60 bits per heavy atom. The molecule has 0 unspecified atom stereocenters. The van der Waals surface area contributed by atoms with Gasteiger partial charge in [0.15, 0.2) is 0 Å². The number of hydrogen-bond acceptors (Lipinski definition) is 6. The molecule has 0 spiro atoms. The molecule has 1 atom stereocenters. The third-order valence-electron chi connectivity index (χ3n) is 4.81. The first-order valence-corrected chi connectivity index (χ1v) is 9.49. The van der Waals surface area contributed by atoms with Crippen LogP contribution in [0.2, 0.25) is 10.0 Å². The van der Waals surface area contributed by atoms with Gasteiger partial charge in [0.2, 0.25) is 11.8 Å². The fraction of sp³-hybridized carbons (Fsp3) is 0.0952. The largest absolute Gasteiger partial charge is 0.465 e. The van der Waals surface area contributed by atoms with Crippen LogP contribution in [-0.2, 0) is 4.74 Å². The van der Waals surface area contributed by atoms with Crippen LogP contribution in [0.5, 0.6) is 5.88 Å². The molecule has 3 aromatic rings. The minimum atomic E-state index is -0.561. The molecule has 7 nitrogen and oxygen atoms in total. The summed E-state index contributed by atoms with van der Waals surface area (Å²) < 4.78 is 10.3. The quantitative estimate of drug-likeness (QED) is 0.583. The highest BCUT2D eigenvalue weighted by molar-refractivity contribution is 6.42. The number of nitrogens with two attached hydrogens (primary N) is 1. The number of nitrogens with zero attached hydrogens (tertiary/aromatic N) is 2. The van der Waals surface area contributed by atoms with Gasteiger partial charge >= 0.3 is 5.97 Å². The van der Waals surface area contributed by atoms with Crippen molar-refractivity contribution in [2.24, 2.45) is 5.73 Å². The Labute approximate surface area is 181 Å². The SMILES string of the molecule is COC(=O)c1ccc([C@H]2C(C#N)=C(N)Oc3n[nH]c(-c4ccc(Cl)c(Cl)c4)c32)cc1. The molecule has 150 valence electrons. The Balaban J connectivity index is 1.88. The highest BCUT2D eigenvalue weighted by atomic mass is 35.5. The highest BCUT2D eigenvalue weighted by Gasteiger charge is 2.35. The predicted octanol–water partition coefficient (Wildman–Crippen LogP) is 4.39. The molecule has 0 radical (unpaired) electrons. The van der Waals surface area contributed by atoms with E-state index in [2.05, 4.69) is 16.3 Å². The molecule has 4 rings (SSSR count). The van der Waals surface area contributed by atoms with Crippen molar-refractivity contribution in [1.82, 2.24) is 10.2 Å². The van der Waals surface area contributed by atoms with E-state index in [0.29, 0.717) is 26.9 Å². The number of nitrogens with one attached hydrogen (secondary N) is 1. The number of carbonyl (C=O) groups excluding carboxylic acids is 1. The van der Waals surface area contributed by atoms with E-state index in [1.165, 1.54) is 7.11 Å². The number of halogens is 2. The van der Waals surface area contributed by atoms with Gasteiger partial charge < -0.3 is 15.2 Å². The number of carbonyl (C=O) groups is 1. The van der Waals surface area contributed by atoms with Crippen LogP contribution in [0.4, 0.5) is 0 Å². The van der Waals surface area contributed by atoms with Gasteiger partial charge in [-0.05, 0) is 29.8 Å². The minimum absolute atomic E-state index is 0.0285. The van der Waals surface area contributed by atoms with Crippen molar-refractivity contribution in [3.05, 3.63) is 80.7 Å². The van der Waals surface area contributed by atoms with E-state index >= 15 is 0 Å². The van der Waals surface area contributed by atoms with Crippen molar-refractivity contribution >= 4 is 29.2 Å². The molecule has 3 N–H and O–H groups in total. The van der Waals surface area contributed by atoms with Crippen molar-refractivity contribution in [3.63, 3.8) is 0 Å². The number of fused-ring (bicyclic) bond motifs is 1. The zero-order valence-electron chi connectivity index (χ0n) is 15.6. The number of rotatable bonds is 3. The molecule has 1 aliphatic heterocycles. The molecule has 1 aromatic heterocycles. The maximum Gasteiger partial charge on any atom is 0.337 e. The second kappa shape index (κ2) is 7.75. The van der Waals surface area contributed by atoms with E-state index in [9.17, 15) is 10.1 Å². The van der Waals surface area contributed by atoms with Gasteiger partial charge in [0.25, 0.3) is 0 Å². The number of H-pyrrole nitrogens is 1. The topological polar surface area (TPSA) is 114 Å². The average Bonchev–Trinajstić information content (AvgIpc) is 3.17. The van der Waals surface area contributed by atoms with Crippen molar-refractivity contribution in [1.29, 1.82) is 5.26 Å². The van der Waals surface area contributed by atoms with Crippen molar-refractivity contribution < 1.29 is 14.3 Å².